The number of carbonyl (C=O) groups is 1. The lowest BCUT2D eigenvalue weighted by Crippen LogP contribution is -2.33. The number of hydrogen-bond acceptors (Lipinski definition) is 3. The summed E-state index contributed by atoms with van der Waals surface area (Å²) in [5.74, 6) is -0.217. The number of nitrogens with zero attached hydrogens (tertiary/aromatic N) is 1. The molecule has 0 rings (SSSR count). The molecule has 0 aliphatic carbocycles. The zero-order valence-corrected chi connectivity index (χ0v) is 8.57. The smallest absolute Gasteiger partial charge is 0.267 e. The first-order valence-electron chi connectivity index (χ1n) is 3.95. The van der Waals surface area contributed by atoms with Crippen LogP contribution in [0, 0.1) is 0 Å². The number of nitrogens with two attached hydrogens (primary N) is 1. The van der Waals surface area contributed by atoms with Crippen LogP contribution in [-0.4, -0.2) is 23.3 Å². The highest BCUT2D eigenvalue weighted by Crippen LogP contribution is 1.77. The van der Waals surface area contributed by atoms with Gasteiger partial charge in [-0.2, -0.15) is 5.10 Å². The van der Waals surface area contributed by atoms with Gasteiger partial charge in [0.25, 0.3) is 5.91 Å². The van der Waals surface area contributed by atoms with Crippen molar-refractivity contribution in [1.29, 1.82) is 0 Å². The number of nitrogens with one attached hydrogen (secondary N) is 2. The lowest BCUT2D eigenvalue weighted by molar-refractivity contribution is -0.114. The van der Waals surface area contributed by atoms with Crippen LogP contribution in [0.1, 0.15) is 20.3 Å². The van der Waals surface area contributed by atoms with Gasteiger partial charge in [-0.3, -0.25) is 10.2 Å². The average Bonchev–Trinajstić information content (AvgIpc) is 2.10. The third-order valence-corrected chi connectivity index (χ3v) is 1.29. The summed E-state index contributed by atoms with van der Waals surface area (Å²) in [6.07, 6.45) is 0.891. The van der Waals surface area contributed by atoms with E-state index in [9.17, 15) is 4.79 Å². The van der Waals surface area contributed by atoms with Gasteiger partial charge in [0.15, 0.2) is 5.11 Å². The van der Waals surface area contributed by atoms with E-state index in [2.05, 4.69) is 28.1 Å². The standard InChI is InChI=1S/C7H14N4OS/c1-3-4-9-6(12)5(2)10-11-7(8)13/h3-4H2,1-2H3,(H,9,12)(H3,8,11,13). The Bertz CT molecular complexity index is 227. The van der Waals surface area contributed by atoms with Gasteiger partial charge in [0, 0.05) is 6.54 Å². The monoisotopic (exact) mass is 202 g/mol. The van der Waals surface area contributed by atoms with Crippen molar-refractivity contribution in [2.24, 2.45) is 10.8 Å². The molecule has 13 heavy (non-hydrogen) atoms. The van der Waals surface area contributed by atoms with Gasteiger partial charge >= 0.3 is 0 Å². The fourth-order valence-corrected chi connectivity index (χ4v) is 0.602. The minimum atomic E-state index is -0.217. The lowest BCUT2D eigenvalue weighted by atomic mass is 10.4. The van der Waals surface area contributed by atoms with Crippen molar-refractivity contribution >= 4 is 28.9 Å². The van der Waals surface area contributed by atoms with E-state index in [0.717, 1.165) is 6.42 Å². The SMILES string of the molecule is CCCNC(=O)C(C)=NNC(N)=S. The Morgan fingerprint density at radius 3 is 2.69 bits per heavy atom. The van der Waals surface area contributed by atoms with E-state index in [1.54, 1.807) is 6.92 Å². The second-order valence-corrected chi connectivity index (χ2v) is 2.87. The van der Waals surface area contributed by atoms with Crippen molar-refractivity contribution in [3.63, 3.8) is 0 Å². The molecule has 5 nitrogen and oxygen atoms in total. The second-order valence-electron chi connectivity index (χ2n) is 2.43. The summed E-state index contributed by atoms with van der Waals surface area (Å²) in [6.45, 7) is 4.19. The first-order chi connectivity index (χ1) is 6.07. The van der Waals surface area contributed by atoms with Crippen LogP contribution in [0.3, 0.4) is 0 Å². The third kappa shape index (κ3) is 6.03. The molecule has 4 N–H and O–H groups in total. The number of hydrogen-bond donors (Lipinski definition) is 3. The maximum atomic E-state index is 11.1. The van der Waals surface area contributed by atoms with Crippen molar-refractivity contribution in [1.82, 2.24) is 10.7 Å². The predicted octanol–water partition coefficient (Wildman–Crippen LogP) is -0.278. The van der Waals surface area contributed by atoms with Crippen LogP contribution in [0.4, 0.5) is 0 Å². The topological polar surface area (TPSA) is 79.5 Å². The predicted molar refractivity (Wildman–Crippen MR) is 56.3 cm³/mol. The maximum Gasteiger partial charge on any atom is 0.267 e. The van der Waals surface area contributed by atoms with Crippen LogP contribution < -0.4 is 16.5 Å². The summed E-state index contributed by atoms with van der Waals surface area (Å²) >= 11 is 4.52. The summed E-state index contributed by atoms with van der Waals surface area (Å²) in [6, 6.07) is 0. The summed E-state index contributed by atoms with van der Waals surface area (Å²) in [5.41, 5.74) is 7.77. The summed E-state index contributed by atoms with van der Waals surface area (Å²) in [7, 11) is 0. The van der Waals surface area contributed by atoms with Crippen LogP contribution in [0.5, 0.6) is 0 Å². The van der Waals surface area contributed by atoms with Crippen molar-refractivity contribution in [2.75, 3.05) is 6.54 Å². The third-order valence-electron chi connectivity index (χ3n) is 1.20. The minimum absolute atomic E-state index is 0.0441. The molecule has 0 radical (unpaired) electrons. The van der Waals surface area contributed by atoms with E-state index in [1.807, 2.05) is 6.92 Å². The molecule has 6 heteroatoms. The molecule has 0 unspecified atom stereocenters. The molecule has 0 aromatic rings. The Hall–Kier alpha value is -1.17. The van der Waals surface area contributed by atoms with Gasteiger partial charge in [-0.1, -0.05) is 6.92 Å². The summed E-state index contributed by atoms with van der Waals surface area (Å²) in [4.78, 5) is 11.1. The number of rotatable bonds is 4. The van der Waals surface area contributed by atoms with Gasteiger partial charge in [0.05, 0.1) is 0 Å². The van der Waals surface area contributed by atoms with Crippen LogP contribution in [0.2, 0.25) is 0 Å². The summed E-state index contributed by atoms with van der Waals surface area (Å²) in [5, 5.41) is 6.37. The van der Waals surface area contributed by atoms with Gasteiger partial charge in [-0.25, -0.2) is 0 Å². The molecule has 0 spiro atoms. The molecule has 0 aromatic heterocycles. The number of carbonyl (C=O) groups excluding carboxylic acids is 1. The van der Waals surface area contributed by atoms with E-state index >= 15 is 0 Å². The van der Waals surface area contributed by atoms with E-state index in [0.29, 0.717) is 12.3 Å². The average molecular weight is 202 g/mol. The van der Waals surface area contributed by atoms with Gasteiger partial charge < -0.3 is 11.1 Å². The highest BCUT2D eigenvalue weighted by Gasteiger charge is 2.03. The number of thiocarbonyl (C=S) groups is 1. The Kier molecular flexibility index (Phi) is 5.79. The first kappa shape index (κ1) is 11.8. The van der Waals surface area contributed by atoms with Crippen LogP contribution in [-0.2, 0) is 4.79 Å². The zero-order chi connectivity index (χ0) is 10.3. The number of amides is 1. The quantitative estimate of drug-likeness (QED) is 0.333. The molecule has 0 fully saturated rings. The fraction of sp³-hybridized carbons (Fsp3) is 0.571. The molecule has 0 aliphatic heterocycles. The van der Waals surface area contributed by atoms with Crippen molar-refractivity contribution < 1.29 is 4.79 Å². The highest BCUT2D eigenvalue weighted by molar-refractivity contribution is 7.80. The maximum absolute atomic E-state index is 11.1. The molecule has 0 saturated carbocycles. The van der Waals surface area contributed by atoms with Gasteiger partial charge in [0.2, 0.25) is 0 Å². The Morgan fingerprint density at radius 2 is 2.23 bits per heavy atom. The Morgan fingerprint density at radius 1 is 1.62 bits per heavy atom. The van der Waals surface area contributed by atoms with Crippen LogP contribution in [0.15, 0.2) is 5.10 Å². The fourth-order valence-electron chi connectivity index (χ4n) is 0.556. The van der Waals surface area contributed by atoms with Gasteiger partial charge in [-0.05, 0) is 25.6 Å². The Labute approximate surface area is 82.8 Å². The molecule has 0 aliphatic rings. The summed E-state index contributed by atoms with van der Waals surface area (Å²) < 4.78 is 0. The highest BCUT2D eigenvalue weighted by atomic mass is 32.1. The van der Waals surface area contributed by atoms with Crippen LogP contribution >= 0.6 is 12.2 Å². The van der Waals surface area contributed by atoms with E-state index in [-0.39, 0.29) is 11.0 Å². The first-order valence-corrected chi connectivity index (χ1v) is 4.36. The molecule has 0 saturated heterocycles. The Balaban J connectivity index is 3.93. The second kappa shape index (κ2) is 6.36. The van der Waals surface area contributed by atoms with Crippen LogP contribution in [0.25, 0.3) is 0 Å². The molecule has 0 bridgehead atoms. The molecular weight excluding hydrogens is 188 g/mol. The van der Waals surface area contributed by atoms with Gasteiger partial charge in [0.1, 0.15) is 5.71 Å². The normalized spacial score (nSPS) is 10.8. The van der Waals surface area contributed by atoms with E-state index < -0.39 is 0 Å². The van der Waals surface area contributed by atoms with Crippen molar-refractivity contribution in [3.8, 4) is 0 Å². The van der Waals surface area contributed by atoms with E-state index in [4.69, 9.17) is 5.73 Å². The van der Waals surface area contributed by atoms with Crippen molar-refractivity contribution in [3.05, 3.63) is 0 Å². The number of hydrazone groups is 1. The zero-order valence-electron chi connectivity index (χ0n) is 7.76. The molecule has 0 heterocycles. The largest absolute Gasteiger partial charge is 0.375 e. The lowest BCUT2D eigenvalue weighted by Gasteiger charge is -2.02. The minimum Gasteiger partial charge on any atom is -0.375 e. The molecular formula is C7H14N4OS. The van der Waals surface area contributed by atoms with Gasteiger partial charge in [-0.15, -0.1) is 0 Å². The molecule has 0 aromatic carbocycles. The molecule has 74 valence electrons. The van der Waals surface area contributed by atoms with E-state index in [1.165, 1.54) is 0 Å². The van der Waals surface area contributed by atoms with Crippen molar-refractivity contribution in [2.45, 2.75) is 20.3 Å². The molecule has 0 atom stereocenters. The molecule has 1 amide bonds.